The molecule has 0 aliphatic heterocycles. The van der Waals surface area contributed by atoms with Crippen LogP contribution in [0.5, 0.6) is 17.2 Å². The van der Waals surface area contributed by atoms with E-state index in [1.807, 2.05) is 0 Å². The summed E-state index contributed by atoms with van der Waals surface area (Å²) in [7, 11) is -1.15. The zero-order valence-electron chi connectivity index (χ0n) is 14.1. The highest BCUT2D eigenvalue weighted by molar-refractivity contribution is 7.55. The van der Waals surface area contributed by atoms with Gasteiger partial charge in [0.25, 0.3) is 0 Å². The molecule has 8 nitrogen and oxygen atoms in total. The second kappa shape index (κ2) is 8.92. The average molecular weight is 362 g/mol. The van der Waals surface area contributed by atoms with Crippen molar-refractivity contribution in [2.75, 3.05) is 27.4 Å². The van der Waals surface area contributed by atoms with Gasteiger partial charge in [-0.3, -0.25) is 9.36 Å². The van der Waals surface area contributed by atoms with Crippen molar-refractivity contribution in [3.63, 3.8) is 0 Å². The molecule has 0 spiro atoms. The van der Waals surface area contributed by atoms with Crippen LogP contribution >= 0.6 is 7.60 Å². The lowest BCUT2D eigenvalue weighted by Crippen LogP contribution is -2.26. The molecule has 0 fully saturated rings. The summed E-state index contributed by atoms with van der Waals surface area (Å²) in [5, 5.41) is 19.2. The zero-order valence-corrected chi connectivity index (χ0v) is 15.0. The minimum atomic E-state index is -3.90. The van der Waals surface area contributed by atoms with Crippen LogP contribution in [0.4, 0.5) is 0 Å². The van der Waals surface area contributed by atoms with Gasteiger partial charge in [-0.05, 0) is 13.8 Å². The lowest BCUT2D eigenvalue weighted by Gasteiger charge is -2.24. The van der Waals surface area contributed by atoms with Gasteiger partial charge < -0.3 is 28.7 Å². The van der Waals surface area contributed by atoms with Crippen LogP contribution in [0.3, 0.4) is 0 Å². The molecule has 0 aliphatic rings. The molecule has 1 unspecified atom stereocenters. The number of phenols is 1. The van der Waals surface area contributed by atoms with Crippen molar-refractivity contribution in [2.45, 2.75) is 25.9 Å². The highest BCUT2D eigenvalue weighted by Crippen LogP contribution is 2.55. The smallest absolute Gasteiger partial charge is 0.345 e. The third-order valence-corrected chi connectivity index (χ3v) is 5.68. The van der Waals surface area contributed by atoms with Crippen molar-refractivity contribution < 1.29 is 38.1 Å². The van der Waals surface area contributed by atoms with Crippen molar-refractivity contribution in [1.29, 1.82) is 0 Å². The van der Waals surface area contributed by atoms with Gasteiger partial charge in [-0.15, -0.1) is 0 Å². The molecule has 1 rings (SSSR count). The van der Waals surface area contributed by atoms with Crippen molar-refractivity contribution in [2.24, 2.45) is 0 Å². The topological polar surface area (TPSA) is 112 Å². The number of aromatic hydroxyl groups is 1. The predicted octanol–water partition coefficient (Wildman–Crippen LogP) is 2.67. The molecule has 1 aromatic rings. The van der Waals surface area contributed by atoms with Gasteiger partial charge in [-0.25, -0.2) is 0 Å². The number of benzene rings is 1. The highest BCUT2D eigenvalue weighted by atomic mass is 31.2. The van der Waals surface area contributed by atoms with E-state index < -0.39 is 19.2 Å². The number of carboxylic acid groups (broad SMARTS) is 1. The summed E-state index contributed by atoms with van der Waals surface area (Å²) in [6.07, 6.45) is -0.209. The van der Waals surface area contributed by atoms with Gasteiger partial charge in [-0.2, -0.15) is 0 Å². The molecule has 0 bridgehead atoms. The Balaban J connectivity index is 3.36. The Labute approximate surface area is 140 Å². The summed E-state index contributed by atoms with van der Waals surface area (Å²) >= 11 is 0. The molecule has 0 radical (unpaired) electrons. The van der Waals surface area contributed by atoms with Crippen LogP contribution < -0.4 is 9.47 Å². The number of phenolic OH excluding ortho intramolecular Hbond substituents is 1. The van der Waals surface area contributed by atoms with E-state index in [0.717, 1.165) is 0 Å². The summed E-state index contributed by atoms with van der Waals surface area (Å²) in [4.78, 5) is 11.7. The first-order chi connectivity index (χ1) is 11.3. The van der Waals surface area contributed by atoms with Crippen molar-refractivity contribution in [3.8, 4) is 17.2 Å². The summed E-state index contributed by atoms with van der Waals surface area (Å²) in [6, 6.07) is 2.64. The number of aliphatic carboxylic acids is 1. The Bertz CT molecular complexity index is 580. The van der Waals surface area contributed by atoms with E-state index in [1.54, 1.807) is 13.8 Å². The predicted molar refractivity (Wildman–Crippen MR) is 87.2 cm³/mol. The van der Waals surface area contributed by atoms with E-state index in [1.165, 1.54) is 26.4 Å². The molecular formula is C15H23O8P. The molecule has 0 heterocycles. The van der Waals surface area contributed by atoms with Gasteiger partial charge in [0, 0.05) is 24.1 Å². The number of carbonyl (C=O) groups is 1. The fourth-order valence-corrected chi connectivity index (χ4v) is 4.11. The lowest BCUT2D eigenvalue weighted by atomic mass is 10.1. The van der Waals surface area contributed by atoms with E-state index >= 15 is 0 Å². The molecule has 0 saturated heterocycles. The summed E-state index contributed by atoms with van der Waals surface area (Å²) in [6.45, 7) is 3.30. The van der Waals surface area contributed by atoms with Gasteiger partial charge in [0.1, 0.15) is 17.2 Å². The van der Waals surface area contributed by atoms with Crippen molar-refractivity contribution in [1.82, 2.24) is 0 Å². The Morgan fingerprint density at radius 2 is 1.58 bits per heavy atom. The monoisotopic (exact) mass is 362 g/mol. The number of rotatable bonds is 10. The second-order valence-corrected chi connectivity index (χ2v) is 6.98. The summed E-state index contributed by atoms with van der Waals surface area (Å²) in [5.41, 5.74) is -1.09. The van der Waals surface area contributed by atoms with Crippen LogP contribution in [0.1, 0.15) is 19.4 Å². The standard InChI is InChI=1S/C15H23O8P/c1-5-22-24(19,23-6-2)14(15(17)18)9-11-12(20-3)7-10(16)8-13(11)21-4/h7-8,14,16H,5-6,9H2,1-4H3,(H,17,18). The molecule has 0 aromatic heterocycles. The largest absolute Gasteiger partial charge is 0.508 e. The van der Waals surface area contributed by atoms with E-state index in [2.05, 4.69) is 0 Å². The maximum atomic E-state index is 12.9. The zero-order chi connectivity index (χ0) is 18.3. The molecule has 0 saturated carbocycles. The SMILES string of the molecule is CCOP(=O)(OCC)C(Cc1c(OC)cc(O)cc1OC)C(=O)O. The normalized spacial score (nSPS) is 12.7. The fraction of sp³-hybridized carbons (Fsp3) is 0.533. The Morgan fingerprint density at radius 1 is 1.12 bits per heavy atom. The number of carboxylic acids is 1. The molecule has 1 aromatic carbocycles. The molecule has 136 valence electrons. The van der Waals surface area contributed by atoms with Gasteiger partial charge in [0.2, 0.25) is 0 Å². The number of hydrogen-bond acceptors (Lipinski definition) is 7. The first-order valence-electron chi connectivity index (χ1n) is 7.38. The molecule has 0 aliphatic carbocycles. The van der Waals surface area contributed by atoms with Gasteiger partial charge in [0.05, 0.1) is 27.4 Å². The molecule has 2 N–H and O–H groups in total. The number of methoxy groups -OCH3 is 2. The minimum Gasteiger partial charge on any atom is -0.508 e. The second-order valence-electron chi connectivity index (χ2n) is 4.76. The van der Waals surface area contributed by atoms with Crippen LogP contribution in [0.15, 0.2) is 12.1 Å². The Hall–Kier alpha value is -1.76. The van der Waals surface area contributed by atoms with Crippen LogP contribution in [0, 0.1) is 0 Å². The van der Waals surface area contributed by atoms with Crippen molar-refractivity contribution >= 4 is 13.6 Å². The Morgan fingerprint density at radius 3 is 1.92 bits per heavy atom. The third kappa shape index (κ3) is 4.63. The van der Waals surface area contributed by atoms with E-state index in [-0.39, 0.29) is 36.9 Å². The first-order valence-corrected chi connectivity index (χ1v) is 8.99. The third-order valence-electron chi connectivity index (χ3n) is 3.27. The van der Waals surface area contributed by atoms with Gasteiger partial charge in [0.15, 0.2) is 5.66 Å². The maximum absolute atomic E-state index is 12.9. The minimum absolute atomic E-state index is 0.0465. The van der Waals surface area contributed by atoms with Crippen molar-refractivity contribution in [3.05, 3.63) is 17.7 Å². The maximum Gasteiger partial charge on any atom is 0.345 e. The van der Waals surface area contributed by atoms with Crippen LogP contribution in [-0.2, 0) is 24.8 Å². The number of hydrogen-bond donors (Lipinski definition) is 2. The average Bonchev–Trinajstić information content (AvgIpc) is 2.52. The highest BCUT2D eigenvalue weighted by Gasteiger charge is 2.42. The van der Waals surface area contributed by atoms with Gasteiger partial charge in [-0.1, -0.05) is 0 Å². The van der Waals surface area contributed by atoms with E-state index in [0.29, 0.717) is 5.56 Å². The van der Waals surface area contributed by atoms with E-state index in [9.17, 15) is 19.6 Å². The molecule has 0 amide bonds. The molecule has 24 heavy (non-hydrogen) atoms. The van der Waals surface area contributed by atoms with Crippen LogP contribution in [0.25, 0.3) is 0 Å². The Kier molecular flexibility index (Phi) is 7.54. The van der Waals surface area contributed by atoms with E-state index in [4.69, 9.17) is 18.5 Å². The molecule has 1 atom stereocenters. The van der Waals surface area contributed by atoms with Crippen LogP contribution in [0.2, 0.25) is 0 Å². The number of ether oxygens (including phenoxy) is 2. The van der Waals surface area contributed by atoms with Crippen LogP contribution in [-0.4, -0.2) is 49.3 Å². The summed E-state index contributed by atoms with van der Waals surface area (Å²) < 4.78 is 33.5. The first kappa shape index (κ1) is 20.3. The van der Waals surface area contributed by atoms with Gasteiger partial charge >= 0.3 is 13.6 Å². The molecular weight excluding hydrogens is 339 g/mol. The quantitative estimate of drug-likeness (QED) is 0.611. The summed E-state index contributed by atoms with van der Waals surface area (Å²) in [5.74, 6) is -0.982. The molecule has 9 heteroatoms. The fourth-order valence-electron chi connectivity index (χ4n) is 2.28. The lowest BCUT2D eigenvalue weighted by molar-refractivity contribution is -0.137.